The largest absolute Gasteiger partial charge is 0.394 e. The van der Waals surface area contributed by atoms with E-state index in [1.165, 1.54) is 83.5 Å². The maximum Gasteiger partial charge on any atom is 0.337 e. The van der Waals surface area contributed by atoms with Gasteiger partial charge in [0.1, 0.15) is 0 Å². The number of hydrogen-bond donors (Lipinski definition) is 0. The predicted octanol–water partition coefficient (Wildman–Crippen LogP) is 7.61. The van der Waals surface area contributed by atoms with Gasteiger partial charge in [0, 0.05) is 13.2 Å². The van der Waals surface area contributed by atoms with Gasteiger partial charge in [0.15, 0.2) is 0 Å². The van der Waals surface area contributed by atoms with Crippen molar-refractivity contribution in [3.8, 4) is 0 Å². The van der Waals surface area contributed by atoms with Gasteiger partial charge in [0.25, 0.3) is 0 Å². The molecule has 0 aliphatic carbocycles. The van der Waals surface area contributed by atoms with Crippen molar-refractivity contribution in [2.24, 2.45) is 0 Å². The van der Waals surface area contributed by atoms with Crippen molar-refractivity contribution in [2.45, 2.75) is 123 Å². The Kier molecular flexibility index (Phi) is 18.0. The van der Waals surface area contributed by atoms with Gasteiger partial charge in [-0.25, -0.2) is 0 Å². The minimum absolute atomic E-state index is 0.903. The summed E-state index contributed by atoms with van der Waals surface area (Å²) in [6.07, 6.45) is 17.5. The summed E-state index contributed by atoms with van der Waals surface area (Å²) in [5.74, 6) is 0. The smallest absolute Gasteiger partial charge is 0.337 e. The molecule has 0 aromatic rings. The molecular formula is C21H46O2Si. The van der Waals surface area contributed by atoms with Gasteiger partial charge in [-0.1, -0.05) is 98.3 Å². The van der Waals surface area contributed by atoms with Crippen LogP contribution in [-0.4, -0.2) is 21.8 Å². The van der Waals surface area contributed by atoms with Crippen LogP contribution in [-0.2, 0) is 8.85 Å². The minimum Gasteiger partial charge on any atom is -0.394 e. The SMILES string of the molecule is CCCCCCCCCCCCO[Si](CC)(CC)OCCCCC. The molecule has 0 amide bonds. The van der Waals surface area contributed by atoms with E-state index in [1.54, 1.807) is 0 Å². The Bertz CT molecular complexity index is 242. The molecule has 0 aliphatic rings. The van der Waals surface area contributed by atoms with Crippen molar-refractivity contribution in [3.05, 3.63) is 0 Å². The van der Waals surface area contributed by atoms with Crippen LogP contribution in [0.15, 0.2) is 0 Å². The van der Waals surface area contributed by atoms with Gasteiger partial charge in [-0.2, -0.15) is 0 Å². The Morgan fingerprint density at radius 2 is 0.792 bits per heavy atom. The zero-order valence-corrected chi connectivity index (χ0v) is 18.3. The fourth-order valence-corrected chi connectivity index (χ4v) is 5.59. The Labute approximate surface area is 154 Å². The molecule has 0 fully saturated rings. The molecule has 0 heterocycles. The van der Waals surface area contributed by atoms with E-state index < -0.39 is 8.56 Å². The average molecular weight is 359 g/mol. The lowest BCUT2D eigenvalue weighted by atomic mass is 10.1. The zero-order valence-electron chi connectivity index (χ0n) is 17.3. The molecule has 0 radical (unpaired) electrons. The third-order valence-electron chi connectivity index (χ3n) is 5.05. The second-order valence-electron chi connectivity index (χ2n) is 7.20. The van der Waals surface area contributed by atoms with Crippen LogP contribution < -0.4 is 0 Å². The molecule has 146 valence electrons. The second-order valence-corrected chi connectivity index (χ2v) is 11.0. The average Bonchev–Trinajstić information content (AvgIpc) is 2.61. The molecule has 0 N–H and O–H groups in total. The van der Waals surface area contributed by atoms with Gasteiger partial charge < -0.3 is 8.85 Å². The van der Waals surface area contributed by atoms with Gasteiger partial charge in [-0.3, -0.25) is 0 Å². The number of unbranched alkanes of at least 4 members (excludes halogenated alkanes) is 11. The Balaban J connectivity index is 3.59. The first-order chi connectivity index (χ1) is 11.7. The van der Waals surface area contributed by atoms with Crippen molar-refractivity contribution in [2.75, 3.05) is 13.2 Å². The molecule has 0 bridgehead atoms. The highest BCUT2D eigenvalue weighted by molar-refractivity contribution is 6.67. The van der Waals surface area contributed by atoms with E-state index in [1.807, 2.05) is 0 Å². The maximum absolute atomic E-state index is 6.30. The first-order valence-electron chi connectivity index (χ1n) is 11.0. The van der Waals surface area contributed by atoms with E-state index in [-0.39, 0.29) is 0 Å². The fourth-order valence-electron chi connectivity index (χ4n) is 3.16. The summed E-state index contributed by atoms with van der Waals surface area (Å²) in [6.45, 7) is 10.8. The molecule has 0 aromatic carbocycles. The molecular weight excluding hydrogens is 312 g/mol. The highest BCUT2D eigenvalue weighted by atomic mass is 28.4. The topological polar surface area (TPSA) is 18.5 Å². The highest BCUT2D eigenvalue weighted by Gasteiger charge is 2.33. The van der Waals surface area contributed by atoms with Crippen LogP contribution in [0, 0.1) is 0 Å². The van der Waals surface area contributed by atoms with Gasteiger partial charge in [0.05, 0.1) is 0 Å². The van der Waals surface area contributed by atoms with E-state index in [9.17, 15) is 0 Å². The summed E-state index contributed by atoms with van der Waals surface area (Å²) in [7, 11) is -1.89. The summed E-state index contributed by atoms with van der Waals surface area (Å²) in [5.41, 5.74) is 0. The van der Waals surface area contributed by atoms with E-state index in [0.29, 0.717) is 0 Å². The van der Waals surface area contributed by atoms with Crippen molar-refractivity contribution < 1.29 is 8.85 Å². The second kappa shape index (κ2) is 17.9. The minimum atomic E-state index is -1.89. The van der Waals surface area contributed by atoms with E-state index >= 15 is 0 Å². The Morgan fingerprint density at radius 3 is 1.21 bits per heavy atom. The molecule has 3 heteroatoms. The Hall–Kier alpha value is 0.137. The molecule has 0 saturated heterocycles. The van der Waals surface area contributed by atoms with Crippen LogP contribution in [0.1, 0.15) is 111 Å². The predicted molar refractivity (Wildman–Crippen MR) is 110 cm³/mol. The lowest BCUT2D eigenvalue weighted by Gasteiger charge is -2.29. The van der Waals surface area contributed by atoms with Crippen molar-refractivity contribution in [1.82, 2.24) is 0 Å². The molecule has 0 unspecified atom stereocenters. The molecule has 0 aliphatic heterocycles. The highest BCUT2D eigenvalue weighted by Crippen LogP contribution is 2.20. The van der Waals surface area contributed by atoms with Gasteiger partial charge in [-0.05, 0) is 24.9 Å². The summed E-state index contributed by atoms with van der Waals surface area (Å²) in [6, 6.07) is 2.18. The summed E-state index contributed by atoms with van der Waals surface area (Å²) in [5, 5.41) is 0. The quantitative estimate of drug-likeness (QED) is 0.175. The van der Waals surface area contributed by atoms with E-state index in [2.05, 4.69) is 27.7 Å². The summed E-state index contributed by atoms with van der Waals surface area (Å²) >= 11 is 0. The molecule has 0 rings (SSSR count). The van der Waals surface area contributed by atoms with Crippen LogP contribution in [0.2, 0.25) is 12.1 Å². The number of rotatable bonds is 19. The van der Waals surface area contributed by atoms with Gasteiger partial charge in [-0.15, -0.1) is 0 Å². The first-order valence-corrected chi connectivity index (χ1v) is 13.3. The zero-order chi connectivity index (χ0) is 17.9. The fraction of sp³-hybridized carbons (Fsp3) is 1.00. The number of hydrogen-bond acceptors (Lipinski definition) is 2. The van der Waals surface area contributed by atoms with Crippen molar-refractivity contribution in [1.29, 1.82) is 0 Å². The lowest BCUT2D eigenvalue weighted by molar-refractivity contribution is 0.163. The van der Waals surface area contributed by atoms with Gasteiger partial charge >= 0.3 is 8.56 Å². The van der Waals surface area contributed by atoms with Crippen molar-refractivity contribution >= 4 is 8.56 Å². The lowest BCUT2D eigenvalue weighted by Crippen LogP contribution is -2.41. The monoisotopic (exact) mass is 358 g/mol. The van der Waals surface area contributed by atoms with Crippen LogP contribution in [0.4, 0.5) is 0 Å². The summed E-state index contributed by atoms with van der Waals surface area (Å²) in [4.78, 5) is 0. The summed E-state index contributed by atoms with van der Waals surface area (Å²) < 4.78 is 12.5. The van der Waals surface area contributed by atoms with Crippen LogP contribution in [0.3, 0.4) is 0 Å². The maximum atomic E-state index is 6.30. The molecule has 2 nitrogen and oxygen atoms in total. The molecule has 0 atom stereocenters. The van der Waals surface area contributed by atoms with E-state index in [4.69, 9.17) is 8.85 Å². The Morgan fingerprint density at radius 1 is 0.458 bits per heavy atom. The normalized spacial score (nSPS) is 12.0. The van der Waals surface area contributed by atoms with E-state index in [0.717, 1.165) is 25.3 Å². The molecule has 24 heavy (non-hydrogen) atoms. The first kappa shape index (κ1) is 24.1. The van der Waals surface area contributed by atoms with Gasteiger partial charge in [0.2, 0.25) is 0 Å². The molecule has 0 spiro atoms. The van der Waals surface area contributed by atoms with Crippen LogP contribution in [0.25, 0.3) is 0 Å². The van der Waals surface area contributed by atoms with Crippen LogP contribution in [0.5, 0.6) is 0 Å². The third kappa shape index (κ3) is 13.4. The molecule has 0 aromatic heterocycles. The third-order valence-corrected chi connectivity index (χ3v) is 8.67. The standard InChI is InChI=1S/C21H46O2Si/c1-5-9-11-12-13-14-15-16-17-19-21-23-24(7-3,8-4)22-20-18-10-6-2/h5-21H2,1-4H3. The van der Waals surface area contributed by atoms with Crippen molar-refractivity contribution in [3.63, 3.8) is 0 Å². The van der Waals surface area contributed by atoms with Crippen LogP contribution >= 0.6 is 0 Å². The molecule has 0 saturated carbocycles.